The molecule has 4 nitrogen and oxygen atoms in total. The molecule has 0 bridgehead atoms. The van der Waals surface area contributed by atoms with E-state index in [1.54, 1.807) is 12.1 Å². The van der Waals surface area contributed by atoms with E-state index in [0.717, 1.165) is 35.2 Å². The maximum absolute atomic E-state index is 13.9. The van der Waals surface area contributed by atoms with Crippen molar-refractivity contribution in [1.29, 1.82) is 0 Å². The molecule has 136 valence electrons. The number of aliphatic imine (C=N–C) groups is 1. The highest BCUT2D eigenvalue weighted by atomic mass is 32.2. The molecular formula is C19H27FN4S. The summed E-state index contributed by atoms with van der Waals surface area (Å²) in [5.41, 5.74) is 1.95. The SMILES string of the molecule is C1CCNC1.Fc1cc2c(c(N3CCCCC3)c1)N=C(C1CC1)NS2. The fourth-order valence-electron chi connectivity index (χ4n) is 3.53. The van der Waals surface area contributed by atoms with Gasteiger partial charge in [-0.3, -0.25) is 0 Å². The van der Waals surface area contributed by atoms with Gasteiger partial charge < -0.3 is 14.9 Å². The number of fused-ring (bicyclic) bond motifs is 1. The van der Waals surface area contributed by atoms with Crippen LogP contribution in [0.25, 0.3) is 0 Å². The zero-order valence-electron chi connectivity index (χ0n) is 14.7. The maximum Gasteiger partial charge on any atom is 0.126 e. The highest BCUT2D eigenvalue weighted by Gasteiger charge is 2.31. The van der Waals surface area contributed by atoms with Gasteiger partial charge in [-0.1, -0.05) is 0 Å². The molecule has 0 amide bonds. The van der Waals surface area contributed by atoms with Crippen LogP contribution < -0.4 is 14.9 Å². The molecule has 4 aliphatic rings. The fraction of sp³-hybridized carbons (Fsp3) is 0.632. The summed E-state index contributed by atoms with van der Waals surface area (Å²) in [6.07, 6.45) is 8.89. The van der Waals surface area contributed by atoms with Crippen LogP contribution >= 0.6 is 11.9 Å². The van der Waals surface area contributed by atoms with Gasteiger partial charge >= 0.3 is 0 Å². The summed E-state index contributed by atoms with van der Waals surface area (Å²) in [5, 5.41) is 3.22. The lowest BCUT2D eigenvalue weighted by Crippen LogP contribution is -2.30. The molecule has 3 aliphatic heterocycles. The molecule has 1 saturated carbocycles. The average Bonchev–Trinajstić information content (AvgIpc) is 3.32. The van der Waals surface area contributed by atoms with E-state index in [1.807, 2.05) is 0 Å². The van der Waals surface area contributed by atoms with Crippen LogP contribution in [0.15, 0.2) is 22.0 Å². The van der Waals surface area contributed by atoms with Crippen LogP contribution in [-0.2, 0) is 0 Å². The van der Waals surface area contributed by atoms with Crippen LogP contribution in [0.4, 0.5) is 15.8 Å². The van der Waals surface area contributed by atoms with E-state index in [-0.39, 0.29) is 5.82 Å². The Kier molecular flexibility index (Phi) is 5.46. The Bertz CT molecular complexity index is 627. The third-order valence-electron chi connectivity index (χ3n) is 5.14. The van der Waals surface area contributed by atoms with Gasteiger partial charge in [0.1, 0.15) is 17.3 Å². The van der Waals surface area contributed by atoms with Gasteiger partial charge in [-0.2, -0.15) is 0 Å². The highest BCUT2D eigenvalue weighted by Crippen LogP contribution is 2.44. The number of benzene rings is 1. The summed E-state index contributed by atoms with van der Waals surface area (Å²) < 4.78 is 17.1. The fourth-order valence-corrected chi connectivity index (χ4v) is 4.38. The molecule has 1 aliphatic carbocycles. The second-order valence-corrected chi connectivity index (χ2v) is 8.10. The van der Waals surface area contributed by atoms with Crippen molar-refractivity contribution in [2.45, 2.75) is 49.8 Å². The van der Waals surface area contributed by atoms with E-state index in [4.69, 9.17) is 4.99 Å². The lowest BCUT2D eigenvalue weighted by Gasteiger charge is -2.31. The lowest BCUT2D eigenvalue weighted by atomic mass is 10.1. The summed E-state index contributed by atoms with van der Waals surface area (Å²) in [4.78, 5) is 8.01. The maximum atomic E-state index is 13.9. The van der Waals surface area contributed by atoms with Crippen LogP contribution in [0.3, 0.4) is 0 Å². The predicted molar refractivity (Wildman–Crippen MR) is 103 cm³/mol. The van der Waals surface area contributed by atoms with Crippen LogP contribution in [-0.4, -0.2) is 32.0 Å². The van der Waals surface area contributed by atoms with E-state index in [9.17, 15) is 4.39 Å². The first-order valence-electron chi connectivity index (χ1n) is 9.62. The lowest BCUT2D eigenvalue weighted by molar-refractivity contribution is 0.573. The van der Waals surface area contributed by atoms with Crippen molar-refractivity contribution in [1.82, 2.24) is 10.0 Å². The van der Waals surface area contributed by atoms with Crippen molar-refractivity contribution in [2.24, 2.45) is 10.9 Å². The standard InChI is InChI=1S/C15H18FN3S.C4H9N/c16-11-8-12(19-6-2-1-3-7-19)14-13(9-11)20-18-15(17-14)10-4-5-10;1-2-4-5-3-1/h8-10H,1-7H2,(H,17,18);5H,1-4H2. The molecule has 2 saturated heterocycles. The van der Waals surface area contributed by atoms with Gasteiger partial charge in [0.05, 0.1) is 10.6 Å². The molecule has 1 aromatic carbocycles. The van der Waals surface area contributed by atoms with E-state index < -0.39 is 0 Å². The van der Waals surface area contributed by atoms with Crippen LogP contribution in [0.5, 0.6) is 0 Å². The molecule has 0 aromatic heterocycles. The number of amidine groups is 1. The van der Waals surface area contributed by atoms with Gasteiger partial charge in [-0.15, -0.1) is 0 Å². The zero-order chi connectivity index (χ0) is 17.1. The van der Waals surface area contributed by atoms with E-state index >= 15 is 0 Å². The highest BCUT2D eigenvalue weighted by molar-refractivity contribution is 7.98. The van der Waals surface area contributed by atoms with Gasteiger partial charge in [0.2, 0.25) is 0 Å². The zero-order valence-corrected chi connectivity index (χ0v) is 15.5. The monoisotopic (exact) mass is 362 g/mol. The summed E-state index contributed by atoms with van der Waals surface area (Å²) in [6.45, 7) is 4.53. The molecule has 0 atom stereocenters. The third-order valence-corrected chi connectivity index (χ3v) is 5.98. The van der Waals surface area contributed by atoms with E-state index in [1.165, 1.54) is 70.0 Å². The van der Waals surface area contributed by atoms with Crippen molar-refractivity contribution >= 4 is 29.2 Å². The third kappa shape index (κ3) is 4.29. The summed E-state index contributed by atoms with van der Waals surface area (Å²) in [5.74, 6) is 1.51. The Morgan fingerprint density at radius 1 is 1.04 bits per heavy atom. The average molecular weight is 363 g/mol. The Balaban J connectivity index is 0.000000272. The molecule has 1 aromatic rings. The van der Waals surface area contributed by atoms with Crippen LogP contribution in [0.2, 0.25) is 0 Å². The van der Waals surface area contributed by atoms with Crippen molar-refractivity contribution in [3.8, 4) is 0 Å². The number of piperidine rings is 1. The minimum absolute atomic E-state index is 0.163. The second kappa shape index (κ2) is 7.96. The number of halogens is 1. The molecule has 0 unspecified atom stereocenters. The van der Waals surface area contributed by atoms with Gasteiger partial charge in [0.25, 0.3) is 0 Å². The molecule has 0 spiro atoms. The number of nitrogens with one attached hydrogen (secondary N) is 2. The quantitative estimate of drug-likeness (QED) is 0.772. The van der Waals surface area contributed by atoms with Crippen LogP contribution in [0.1, 0.15) is 44.9 Å². The summed E-state index contributed by atoms with van der Waals surface area (Å²) in [7, 11) is 0. The predicted octanol–water partition coefficient (Wildman–Crippen LogP) is 4.24. The Labute approximate surface area is 153 Å². The first-order valence-corrected chi connectivity index (χ1v) is 10.4. The number of nitrogens with zero attached hydrogens (tertiary/aromatic N) is 2. The van der Waals surface area contributed by atoms with Crippen molar-refractivity contribution < 1.29 is 4.39 Å². The van der Waals surface area contributed by atoms with Gasteiger partial charge in [-0.05, 0) is 82.1 Å². The Morgan fingerprint density at radius 3 is 2.44 bits per heavy atom. The molecule has 0 radical (unpaired) electrons. The van der Waals surface area contributed by atoms with E-state index in [2.05, 4.69) is 14.9 Å². The molecule has 3 heterocycles. The largest absolute Gasteiger partial charge is 0.370 e. The smallest absolute Gasteiger partial charge is 0.126 e. The number of anilines is 1. The second-order valence-electron chi connectivity index (χ2n) is 7.25. The van der Waals surface area contributed by atoms with Crippen LogP contribution in [0, 0.1) is 11.7 Å². The molecular weight excluding hydrogens is 335 g/mol. The minimum Gasteiger partial charge on any atom is -0.370 e. The first-order chi connectivity index (χ1) is 12.3. The molecule has 5 rings (SSSR count). The number of hydrogen-bond donors (Lipinski definition) is 2. The van der Waals surface area contributed by atoms with Gasteiger partial charge in [0.15, 0.2) is 0 Å². The van der Waals surface area contributed by atoms with Gasteiger partial charge in [0, 0.05) is 19.0 Å². The Morgan fingerprint density at radius 2 is 1.80 bits per heavy atom. The topological polar surface area (TPSA) is 39.7 Å². The molecule has 25 heavy (non-hydrogen) atoms. The minimum atomic E-state index is -0.163. The van der Waals surface area contributed by atoms with Crippen molar-refractivity contribution in [3.05, 3.63) is 17.9 Å². The number of hydrogen-bond acceptors (Lipinski definition) is 5. The molecule has 3 fully saturated rings. The normalized spacial score (nSPS) is 22.4. The van der Waals surface area contributed by atoms with E-state index in [0.29, 0.717) is 5.92 Å². The number of rotatable bonds is 2. The van der Waals surface area contributed by atoms with Gasteiger partial charge in [-0.25, -0.2) is 9.38 Å². The Hall–Kier alpha value is -1.27. The molecule has 6 heteroatoms. The van der Waals surface area contributed by atoms with Crippen molar-refractivity contribution in [2.75, 3.05) is 31.1 Å². The molecule has 2 N–H and O–H groups in total. The summed E-state index contributed by atoms with van der Waals surface area (Å²) in [6, 6.07) is 3.25. The van der Waals surface area contributed by atoms with Crippen molar-refractivity contribution in [3.63, 3.8) is 0 Å². The summed E-state index contributed by atoms with van der Waals surface area (Å²) >= 11 is 1.51. The first kappa shape index (κ1) is 17.2.